The van der Waals surface area contributed by atoms with Gasteiger partial charge in [-0.15, -0.1) is 0 Å². The monoisotopic (exact) mass is 656 g/mol. The number of esters is 1. The molecule has 0 unspecified atom stereocenters. The zero-order valence-electron chi connectivity index (χ0n) is 28.1. The summed E-state index contributed by atoms with van der Waals surface area (Å²) in [6.45, 7) is 19.5. The van der Waals surface area contributed by atoms with Gasteiger partial charge in [0.15, 0.2) is 25.0 Å². The van der Waals surface area contributed by atoms with Gasteiger partial charge in [-0.05, 0) is 62.3 Å². The average Bonchev–Trinajstić information content (AvgIpc) is 2.97. The van der Waals surface area contributed by atoms with E-state index in [0.29, 0.717) is 29.8 Å². The van der Waals surface area contributed by atoms with E-state index in [1.807, 2.05) is 0 Å². The first kappa shape index (κ1) is 36.4. The molecule has 0 aromatic heterocycles. The lowest BCUT2D eigenvalue weighted by Crippen LogP contribution is -2.64. The molecule has 0 aromatic rings. The molecule has 244 valence electrons. The molecule has 0 spiro atoms. The van der Waals surface area contributed by atoms with E-state index in [1.165, 1.54) is 102 Å². The summed E-state index contributed by atoms with van der Waals surface area (Å²) in [4.78, 5) is 11.4. The van der Waals surface area contributed by atoms with Crippen LogP contribution >= 0.6 is 0 Å². The van der Waals surface area contributed by atoms with Crippen molar-refractivity contribution in [3.63, 3.8) is 0 Å². The van der Waals surface area contributed by atoms with Gasteiger partial charge in [0, 0.05) is 18.7 Å². The molecule has 0 atom stereocenters. The normalized spacial score (nSPS) is 20.9. The molecule has 0 heterocycles. The molecule has 3 saturated carbocycles. The van der Waals surface area contributed by atoms with Crippen LogP contribution in [-0.2, 0) is 26.6 Å². The molecule has 3 rings (SSSR count). The highest BCUT2D eigenvalue weighted by Crippen LogP contribution is 2.46. The van der Waals surface area contributed by atoms with E-state index < -0.39 is 39.7 Å². The Bertz CT molecular complexity index is 739. The van der Waals surface area contributed by atoms with Gasteiger partial charge < -0.3 is 21.8 Å². The Morgan fingerprint density at radius 3 is 1.36 bits per heavy atom. The Kier molecular flexibility index (Phi) is 14.7. The molecular weight excluding hydrogens is 593 g/mol. The fourth-order valence-electron chi connectivity index (χ4n) is 7.81. The summed E-state index contributed by atoms with van der Waals surface area (Å²) in [5.41, 5.74) is 2.04. The Hall–Kier alpha value is -0.0825. The van der Waals surface area contributed by atoms with Gasteiger partial charge >= 0.3 is 14.8 Å². The molecule has 0 aromatic carbocycles. The van der Waals surface area contributed by atoms with Crippen molar-refractivity contribution >= 4 is 39.7 Å². The molecule has 0 bridgehead atoms. The van der Waals surface area contributed by atoms with Crippen molar-refractivity contribution < 1.29 is 26.6 Å². The van der Waals surface area contributed by atoms with Crippen LogP contribution in [0, 0.1) is 0 Å². The highest BCUT2D eigenvalue weighted by Gasteiger charge is 2.56. The van der Waals surface area contributed by atoms with Crippen LogP contribution in [0.25, 0.3) is 0 Å². The van der Waals surface area contributed by atoms with Crippen LogP contribution in [0.2, 0.25) is 61.9 Å². The van der Waals surface area contributed by atoms with Crippen LogP contribution in [0.5, 0.6) is 0 Å². The van der Waals surface area contributed by atoms with Gasteiger partial charge in [0.25, 0.3) is 0 Å². The Morgan fingerprint density at radius 2 is 1.00 bits per heavy atom. The largest absolute Gasteiger partial charge is 0.469 e. The fourth-order valence-corrected chi connectivity index (χ4v) is 28.3. The topological polar surface area (TPSA) is 63.2 Å². The lowest BCUT2D eigenvalue weighted by Gasteiger charge is -2.50. The number of rotatable bonds is 17. The van der Waals surface area contributed by atoms with E-state index in [9.17, 15) is 4.79 Å². The van der Waals surface area contributed by atoms with Crippen molar-refractivity contribution in [1.29, 1.82) is 0 Å². The molecule has 3 fully saturated rings. The highest BCUT2D eigenvalue weighted by molar-refractivity contribution is 6.91. The Morgan fingerprint density at radius 1 is 0.619 bits per heavy atom. The first-order valence-electron chi connectivity index (χ1n) is 17.4. The molecule has 3 aliphatic rings. The number of ether oxygens (including phenoxy) is 2. The van der Waals surface area contributed by atoms with Crippen molar-refractivity contribution in [2.24, 2.45) is 0 Å². The van der Waals surface area contributed by atoms with Crippen molar-refractivity contribution in [1.82, 2.24) is 0 Å². The van der Waals surface area contributed by atoms with Gasteiger partial charge in [-0.3, -0.25) is 0 Å². The van der Waals surface area contributed by atoms with E-state index in [0.717, 1.165) is 12.5 Å². The molecule has 0 saturated heterocycles. The quantitative estimate of drug-likeness (QED) is 0.0672. The van der Waals surface area contributed by atoms with Crippen LogP contribution in [0.4, 0.5) is 0 Å². The fraction of sp³-hybridized carbons (Fsp3) is 0.906. The van der Waals surface area contributed by atoms with Crippen LogP contribution < -0.4 is 0 Å². The first-order chi connectivity index (χ1) is 19.9. The van der Waals surface area contributed by atoms with Gasteiger partial charge in [-0.25, -0.2) is 4.79 Å². The standard InChI is InChI=1S/C32H64O6Si4/c1-8-32(33)35-27-26-34-25-18-28-42(36-39(2,3)29-19-12-9-13-20-29,37-40(4,5)30-21-14-10-15-22-30)38-41(6,7)31-23-16-11-17-24-31/h8,29-31H,1,9-28H2,2-7H3. The minimum absolute atomic E-state index is 0.252. The van der Waals surface area contributed by atoms with Gasteiger partial charge in [-0.1, -0.05) is 103 Å². The average molecular weight is 657 g/mol. The predicted octanol–water partition coefficient (Wildman–Crippen LogP) is 9.73. The second kappa shape index (κ2) is 17.0. The maximum absolute atomic E-state index is 11.4. The molecule has 0 aliphatic heterocycles. The smallest absolute Gasteiger partial charge is 0.460 e. The van der Waals surface area contributed by atoms with E-state index in [2.05, 4.69) is 45.9 Å². The zero-order chi connectivity index (χ0) is 30.7. The summed E-state index contributed by atoms with van der Waals surface area (Å²) in [6.07, 6.45) is 21.9. The Balaban J connectivity index is 1.86. The van der Waals surface area contributed by atoms with E-state index >= 15 is 0 Å². The summed E-state index contributed by atoms with van der Waals surface area (Å²) >= 11 is 0. The number of carbonyl (C=O) groups excluding carboxylic acids is 1. The van der Waals surface area contributed by atoms with Crippen molar-refractivity contribution in [2.45, 2.75) is 165 Å². The van der Waals surface area contributed by atoms with Crippen molar-refractivity contribution in [2.75, 3.05) is 19.8 Å². The minimum atomic E-state index is -3.04. The predicted molar refractivity (Wildman–Crippen MR) is 183 cm³/mol. The van der Waals surface area contributed by atoms with E-state index in [4.69, 9.17) is 21.8 Å². The second-order valence-corrected chi connectivity index (χ2v) is 31.3. The van der Waals surface area contributed by atoms with Crippen molar-refractivity contribution in [3.8, 4) is 0 Å². The first-order valence-corrected chi connectivity index (χ1v) is 28.3. The lowest BCUT2D eigenvalue weighted by atomic mass is 10.0. The molecule has 0 radical (unpaired) electrons. The lowest BCUT2D eigenvalue weighted by molar-refractivity contribution is -0.139. The summed E-state index contributed by atoms with van der Waals surface area (Å²) in [6, 6.07) is 0.828. The van der Waals surface area contributed by atoms with Gasteiger partial charge in [0.05, 0.1) is 6.61 Å². The number of hydrogen-bond acceptors (Lipinski definition) is 6. The minimum Gasteiger partial charge on any atom is -0.460 e. The van der Waals surface area contributed by atoms with E-state index in [1.54, 1.807) is 0 Å². The Labute approximate surface area is 262 Å². The van der Waals surface area contributed by atoms with Crippen molar-refractivity contribution in [3.05, 3.63) is 12.7 Å². The molecule has 10 heteroatoms. The third kappa shape index (κ3) is 11.4. The summed E-state index contributed by atoms with van der Waals surface area (Å²) in [7, 11) is -9.30. The molecule has 6 nitrogen and oxygen atoms in total. The highest BCUT2D eigenvalue weighted by atomic mass is 28.5. The third-order valence-electron chi connectivity index (χ3n) is 10.4. The summed E-state index contributed by atoms with van der Waals surface area (Å²) in [5.74, 6) is -0.403. The second-order valence-electron chi connectivity index (χ2n) is 14.9. The molecule has 42 heavy (non-hydrogen) atoms. The number of hydrogen-bond donors (Lipinski definition) is 0. The molecule has 0 N–H and O–H groups in total. The number of carbonyl (C=O) groups is 1. The summed E-state index contributed by atoms with van der Waals surface area (Å²) < 4.78 is 34.0. The zero-order valence-corrected chi connectivity index (χ0v) is 32.1. The summed E-state index contributed by atoms with van der Waals surface area (Å²) in [5, 5.41) is 0. The van der Waals surface area contributed by atoms with Crippen LogP contribution in [0.1, 0.15) is 103 Å². The molecule has 0 amide bonds. The van der Waals surface area contributed by atoms with Gasteiger partial charge in [-0.2, -0.15) is 0 Å². The van der Waals surface area contributed by atoms with E-state index in [-0.39, 0.29) is 6.61 Å². The maximum atomic E-state index is 11.4. The third-order valence-corrected chi connectivity index (χ3v) is 29.1. The maximum Gasteiger partial charge on any atom is 0.469 e. The van der Waals surface area contributed by atoms with Crippen LogP contribution in [-0.4, -0.2) is 59.5 Å². The van der Waals surface area contributed by atoms with Crippen LogP contribution in [0.15, 0.2) is 12.7 Å². The van der Waals surface area contributed by atoms with Gasteiger partial charge in [0.2, 0.25) is 0 Å². The van der Waals surface area contributed by atoms with Gasteiger partial charge in [0.1, 0.15) is 6.61 Å². The van der Waals surface area contributed by atoms with Crippen LogP contribution in [0.3, 0.4) is 0 Å². The SMILES string of the molecule is C=CC(=O)OCCOCCC[Si](O[Si](C)(C)C1CCCCC1)(O[Si](C)(C)C1CCCCC1)O[Si](C)(C)C1CCCCC1. The molecular formula is C32H64O6Si4. The molecule has 3 aliphatic carbocycles.